The normalized spacial score (nSPS) is 18.6. The molecule has 0 bridgehead atoms. The third-order valence-electron chi connectivity index (χ3n) is 8.08. The summed E-state index contributed by atoms with van der Waals surface area (Å²) in [5.41, 5.74) is 9.41. The maximum absolute atomic E-state index is 14.2. The van der Waals surface area contributed by atoms with E-state index in [0.29, 0.717) is 24.6 Å². The number of rotatable bonds is 9. The van der Waals surface area contributed by atoms with Gasteiger partial charge in [-0.25, -0.2) is 9.78 Å². The van der Waals surface area contributed by atoms with E-state index in [0.717, 1.165) is 26.9 Å². The van der Waals surface area contributed by atoms with Crippen molar-refractivity contribution in [2.45, 2.75) is 45.1 Å². The van der Waals surface area contributed by atoms with Crippen LogP contribution in [-0.2, 0) is 29.1 Å². The highest BCUT2D eigenvalue weighted by Crippen LogP contribution is 2.32. The Morgan fingerprint density at radius 2 is 1.84 bits per heavy atom. The lowest BCUT2D eigenvalue weighted by atomic mass is 9.99. The first-order chi connectivity index (χ1) is 21.3. The number of carbonyl (C=O) groups is 3. The van der Waals surface area contributed by atoms with E-state index in [1.807, 2.05) is 55.5 Å². The molecule has 4 amide bonds. The van der Waals surface area contributed by atoms with Gasteiger partial charge in [-0.2, -0.15) is 5.01 Å². The number of aromatic nitrogens is 1. The third kappa shape index (κ3) is 5.90. The zero-order chi connectivity index (χ0) is 30.8. The van der Waals surface area contributed by atoms with E-state index in [9.17, 15) is 19.5 Å². The molecule has 228 valence electrons. The number of piperazine rings is 1. The number of hydrazine groups is 1. The zero-order valence-corrected chi connectivity index (χ0v) is 25.2. The molecule has 2 aliphatic heterocycles. The van der Waals surface area contributed by atoms with E-state index in [2.05, 4.69) is 10.3 Å². The number of nitrogens with two attached hydrogens (primary N) is 1. The Morgan fingerprint density at radius 3 is 2.59 bits per heavy atom. The highest BCUT2D eigenvalue weighted by atomic mass is 32.1. The fraction of sp³-hybridized carbons (Fsp3) is 0.312. The molecule has 4 aromatic rings. The minimum absolute atomic E-state index is 0.0190. The lowest BCUT2D eigenvalue weighted by Crippen LogP contribution is -2.66. The van der Waals surface area contributed by atoms with Crippen LogP contribution >= 0.6 is 11.3 Å². The Kier molecular flexibility index (Phi) is 8.36. The van der Waals surface area contributed by atoms with Crippen LogP contribution in [0.15, 0.2) is 72.8 Å². The van der Waals surface area contributed by atoms with Crippen LogP contribution in [0, 0.1) is 0 Å². The first-order valence-corrected chi connectivity index (χ1v) is 15.5. The number of anilines is 1. The molecule has 0 radical (unpaired) electrons. The van der Waals surface area contributed by atoms with Crippen molar-refractivity contribution < 1.29 is 19.5 Å². The molecule has 3 heterocycles. The fourth-order valence-corrected chi connectivity index (χ4v) is 6.81. The number of phenolic OH excluding ortho intramolecular Hbond substituents is 1. The number of hydrogen-bond donors (Lipinski definition) is 3. The van der Waals surface area contributed by atoms with Gasteiger partial charge < -0.3 is 26.0 Å². The Hall–Kier alpha value is -4.68. The van der Waals surface area contributed by atoms with Crippen molar-refractivity contribution in [3.05, 3.63) is 89.5 Å². The molecule has 11 nitrogen and oxygen atoms in total. The van der Waals surface area contributed by atoms with Gasteiger partial charge in [0.2, 0.25) is 11.8 Å². The number of fused-ring (bicyclic) bond motifs is 2. The van der Waals surface area contributed by atoms with Crippen LogP contribution in [0.5, 0.6) is 5.75 Å². The molecule has 44 heavy (non-hydrogen) atoms. The Balaban J connectivity index is 1.31. The third-order valence-corrected chi connectivity index (χ3v) is 8.93. The zero-order valence-electron chi connectivity index (χ0n) is 24.4. The Morgan fingerprint density at radius 1 is 1.07 bits per heavy atom. The van der Waals surface area contributed by atoms with Crippen LogP contribution in [0.2, 0.25) is 0 Å². The predicted octanol–water partition coefficient (Wildman–Crippen LogP) is 3.54. The largest absolute Gasteiger partial charge is 0.508 e. The number of hydrogen-bond acceptors (Lipinski definition) is 8. The number of amides is 4. The topological polar surface area (TPSA) is 135 Å². The Bertz CT molecular complexity index is 1660. The maximum atomic E-state index is 14.2. The molecule has 12 heteroatoms. The van der Waals surface area contributed by atoms with Crippen molar-refractivity contribution in [2.24, 2.45) is 0 Å². The van der Waals surface area contributed by atoms with Crippen molar-refractivity contribution in [1.82, 2.24) is 30.1 Å². The van der Waals surface area contributed by atoms with E-state index in [1.165, 1.54) is 11.3 Å². The van der Waals surface area contributed by atoms with Crippen LogP contribution in [0.4, 0.5) is 9.93 Å². The second kappa shape index (κ2) is 12.5. The maximum Gasteiger partial charge on any atom is 0.332 e. The highest BCUT2D eigenvalue weighted by molar-refractivity contribution is 7.22. The monoisotopic (exact) mass is 613 g/mol. The first kappa shape index (κ1) is 29.4. The SMILES string of the molecule is CCCN(C(=O)NCc1ccccc1)N1CC(=O)N2[C@@H](Cc3ccc(O)cc3)C(=O)N(Cc3cccc4sc(N)nc34)C[C@@H]21. The van der Waals surface area contributed by atoms with Crippen LogP contribution in [-0.4, -0.2) is 79.6 Å². The van der Waals surface area contributed by atoms with E-state index < -0.39 is 12.2 Å². The van der Waals surface area contributed by atoms with Crippen molar-refractivity contribution in [3.8, 4) is 5.75 Å². The number of urea groups is 1. The number of benzene rings is 3. The molecule has 0 spiro atoms. The smallest absolute Gasteiger partial charge is 0.332 e. The second-order valence-electron chi connectivity index (χ2n) is 11.1. The number of nitrogens with zero attached hydrogens (tertiary/aromatic N) is 5. The Labute approximate surface area is 259 Å². The number of nitrogens with one attached hydrogen (secondary N) is 1. The van der Waals surface area contributed by atoms with Crippen molar-refractivity contribution in [1.29, 1.82) is 0 Å². The summed E-state index contributed by atoms with van der Waals surface area (Å²) in [7, 11) is 0. The molecule has 2 atom stereocenters. The minimum atomic E-state index is -0.786. The van der Waals surface area contributed by atoms with Gasteiger partial charge >= 0.3 is 6.03 Å². The number of thiazole rings is 1. The molecule has 6 rings (SSSR count). The highest BCUT2D eigenvalue weighted by Gasteiger charge is 2.52. The fourth-order valence-electron chi connectivity index (χ4n) is 6.02. The van der Waals surface area contributed by atoms with Crippen molar-refractivity contribution in [3.63, 3.8) is 0 Å². The number of para-hydroxylation sites is 1. The van der Waals surface area contributed by atoms with Crippen molar-refractivity contribution in [2.75, 3.05) is 25.4 Å². The van der Waals surface area contributed by atoms with Gasteiger partial charge in [0, 0.05) is 26.1 Å². The lowest BCUT2D eigenvalue weighted by molar-refractivity contribution is -0.157. The summed E-state index contributed by atoms with van der Waals surface area (Å²) in [5.74, 6) is -0.266. The van der Waals surface area contributed by atoms with Gasteiger partial charge in [0.1, 0.15) is 18.0 Å². The van der Waals surface area contributed by atoms with Gasteiger partial charge in [0.05, 0.1) is 23.3 Å². The molecule has 0 unspecified atom stereocenters. The van der Waals surface area contributed by atoms with E-state index in [-0.39, 0.29) is 49.7 Å². The van der Waals surface area contributed by atoms with Gasteiger partial charge in [0.15, 0.2) is 5.13 Å². The number of aromatic hydroxyl groups is 1. The summed E-state index contributed by atoms with van der Waals surface area (Å²) in [5, 5.41) is 16.7. The van der Waals surface area contributed by atoms with Crippen LogP contribution in [0.3, 0.4) is 0 Å². The number of phenols is 1. The van der Waals surface area contributed by atoms with E-state index in [4.69, 9.17) is 5.73 Å². The molecular weight excluding hydrogens is 578 g/mol. The van der Waals surface area contributed by atoms with E-state index in [1.54, 1.807) is 44.1 Å². The van der Waals surface area contributed by atoms with Gasteiger partial charge in [-0.1, -0.05) is 72.9 Å². The minimum Gasteiger partial charge on any atom is -0.508 e. The second-order valence-corrected chi connectivity index (χ2v) is 12.1. The molecule has 4 N–H and O–H groups in total. The first-order valence-electron chi connectivity index (χ1n) is 14.7. The molecule has 2 fully saturated rings. The summed E-state index contributed by atoms with van der Waals surface area (Å²) < 4.78 is 0.939. The van der Waals surface area contributed by atoms with Gasteiger partial charge in [-0.05, 0) is 41.3 Å². The number of nitrogen functional groups attached to an aromatic ring is 1. The summed E-state index contributed by atoms with van der Waals surface area (Å²) >= 11 is 1.39. The predicted molar refractivity (Wildman–Crippen MR) is 168 cm³/mol. The van der Waals surface area contributed by atoms with E-state index >= 15 is 0 Å². The molecule has 2 saturated heterocycles. The van der Waals surface area contributed by atoms with Crippen LogP contribution < -0.4 is 11.1 Å². The number of carbonyl (C=O) groups excluding carboxylic acids is 3. The van der Waals surface area contributed by atoms with Crippen molar-refractivity contribution >= 4 is 44.5 Å². The molecule has 0 aliphatic carbocycles. The van der Waals surface area contributed by atoms with Gasteiger partial charge in [-0.3, -0.25) is 14.6 Å². The standard InChI is InChI=1S/C32H35N7O4S/c1-2-15-37(32(43)34-17-22-7-4-3-5-8-22)38-20-28(41)39-25(16-21-11-13-24(40)14-12-21)30(42)36(19-27(38)39)18-23-9-6-10-26-29(23)35-31(33)44-26/h3-14,25,27,40H,2,15-20H2,1H3,(H2,33,35)(H,34,43)/t25-,27+/m0/s1. The quantitative estimate of drug-likeness (QED) is 0.263. The summed E-state index contributed by atoms with van der Waals surface area (Å²) in [6, 6.07) is 21.1. The summed E-state index contributed by atoms with van der Waals surface area (Å²) in [6.07, 6.45) is 0.410. The molecule has 2 aliphatic rings. The average molecular weight is 614 g/mol. The summed E-state index contributed by atoms with van der Waals surface area (Å²) in [6.45, 7) is 3.23. The van der Waals surface area contributed by atoms with Crippen LogP contribution in [0.1, 0.15) is 30.0 Å². The molecule has 3 aromatic carbocycles. The van der Waals surface area contributed by atoms with Crippen LogP contribution in [0.25, 0.3) is 10.2 Å². The molecular formula is C32H35N7O4S. The molecule has 1 aromatic heterocycles. The van der Waals surface area contributed by atoms with Gasteiger partial charge in [-0.15, -0.1) is 0 Å². The molecule has 0 saturated carbocycles. The summed E-state index contributed by atoms with van der Waals surface area (Å²) in [4.78, 5) is 49.3. The van der Waals surface area contributed by atoms with Gasteiger partial charge in [0.25, 0.3) is 0 Å². The average Bonchev–Trinajstić information content (AvgIpc) is 3.57. The lowest BCUT2D eigenvalue weighted by Gasteiger charge is -2.46.